The minimum Gasteiger partial charge on any atom is -0.314 e. The summed E-state index contributed by atoms with van der Waals surface area (Å²) in [5.74, 6) is 0. The molecule has 0 saturated heterocycles. The molecule has 3 heteroatoms. The highest BCUT2D eigenvalue weighted by molar-refractivity contribution is 5.99. The number of nitriles is 1. The van der Waals surface area contributed by atoms with Crippen molar-refractivity contribution < 1.29 is 0 Å². The van der Waals surface area contributed by atoms with E-state index in [9.17, 15) is 5.26 Å². The van der Waals surface area contributed by atoms with Crippen LogP contribution in [0.4, 0.5) is 0 Å². The average molecular weight is 257 g/mol. The molecule has 0 radical (unpaired) electrons. The van der Waals surface area contributed by atoms with Gasteiger partial charge in [0.25, 0.3) is 0 Å². The van der Waals surface area contributed by atoms with Crippen molar-refractivity contribution in [3.05, 3.63) is 59.8 Å². The summed E-state index contributed by atoms with van der Waals surface area (Å²) in [5, 5.41) is 10.5. The predicted molar refractivity (Wildman–Crippen MR) is 79.7 cm³/mol. The van der Waals surface area contributed by atoms with E-state index in [1.165, 1.54) is 5.56 Å². The second-order valence-electron chi connectivity index (χ2n) is 4.99. The third-order valence-corrected chi connectivity index (χ3v) is 3.68. The van der Waals surface area contributed by atoms with E-state index >= 15 is 0 Å². The molecule has 3 nitrogen and oxygen atoms in total. The Balaban J connectivity index is 2.30. The second kappa shape index (κ2) is 3.82. The number of hydrogen-bond donors (Lipinski definition) is 0. The fraction of sp³-hybridized carbons (Fsp3) is 0.0588. The molecule has 0 amide bonds. The number of pyridine rings is 2. The molecule has 20 heavy (non-hydrogen) atoms. The van der Waals surface area contributed by atoms with Gasteiger partial charge in [0.1, 0.15) is 17.1 Å². The Bertz CT molecular complexity index is 1020. The van der Waals surface area contributed by atoms with Crippen molar-refractivity contribution in [2.45, 2.75) is 6.92 Å². The van der Waals surface area contributed by atoms with Crippen LogP contribution in [0.25, 0.3) is 27.5 Å². The molecule has 4 aromatic rings. The Morgan fingerprint density at radius 1 is 1.10 bits per heavy atom. The van der Waals surface area contributed by atoms with Crippen LogP contribution < -0.4 is 0 Å². The molecule has 0 unspecified atom stereocenters. The maximum atomic E-state index is 9.45. The largest absolute Gasteiger partial charge is 0.314 e. The number of aromatic nitrogens is 2. The van der Waals surface area contributed by atoms with E-state index in [1.54, 1.807) is 0 Å². The standard InChI is InChI=1S/C17H11N3/c1-11-5-6-12-9-16-17(19-14(12)8-11)13(10-18)15-4-2-3-7-20(15)16/h2-9H,1H3. The predicted octanol–water partition coefficient (Wildman–Crippen LogP) is 3.82. The van der Waals surface area contributed by atoms with Gasteiger partial charge in [0.15, 0.2) is 0 Å². The molecule has 94 valence electrons. The van der Waals surface area contributed by atoms with Crippen molar-refractivity contribution in [3.63, 3.8) is 0 Å². The first-order valence-corrected chi connectivity index (χ1v) is 6.48. The maximum absolute atomic E-state index is 9.45. The number of benzene rings is 1. The van der Waals surface area contributed by atoms with Crippen LogP contribution >= 0.6 is 0 Å². The molecule has 0 fully saturated rings. The Kier molecular flexibility index (Phi) is 2.10. The van der Waals surface area contributed by atoms with Crippen LogP contribution in [0.15, 0.2) is 48.7 Å². The minimum atomic E-state index is 0.643. The first-order valence-electron chi connectivity index (χ1n) is 6.48. The summed E-state index contributed by atoms with van der Waals surface area (Å²) in [7, 11) is 0. The highest BCUT2D eigenvalue weighted by Crippen LogP contribution is 2.27. The lowest BCUT2D eigenvalue weighted by atomic mass is 10.1. The average Bonchev–Trinajstić information content (AvgIpc) is 2.78. The molecule has 1 aromatic carbocycles. The van der Waals surface area contributed by atoms with Gasteiger partial charge >= 0.3 is 0 Å². The lowest BCUT2D eigenvalue weighted by Crippen LogP contribution is -1.85. The Hall–Kier alpha value is -2.86. The molecule has 4 rings (SSSR count). The zero-order valence-electron chi connectivity index (χ0n) is 11.0. The number of hydrogen-bond acceptors (Lipinski definition) is 2. The van der Waals surface area contributed by atoms with Crippen LogP contribution in [0.3, 0.4) is 0 Å². The summed E-state index contributed by atoms with van der Waals surface area (Å²) in [6.45, 7) is 2.05. The number of rotatable bonds is 0. The molecule has 0 saturated carbocycles. The van der Waals surface area contributed by atoms with Crippen molar-refractivity contribution in [3.8, 4) is 6.07 Å². The van der Waals surface area contributed by atoms with Crippen molar-refractivity contribution >= 4 is 27.5 Å². The van der Waals surface area contributed by atoms with Crippen LogP contribution in [-0.4, -0.2) is 9.38 Å². The lowest BCUT2D eigenvalue weighted by molar-refractivity contribution is 1.25. The van der Waals surface area contributed by atoms with Gasteiger partial charge in [0.05, 0.1) is 16.6 Å². The minimum absolute atomic E-state index is 0.643. The van der Waals surface area contributed by atoms with E-state index in [0.29, 0.717) is 5.56 Å². The maximum Gasteiger partial charge on any atom is 0.108 e. The van der Waals surface area contributed by atoms with Crippen molar-refractivity contribution in [2.24, 2.45) is 0 Å². The van der Waals surface area contributed by atoms with Gasteiger partial charge in [0.2, 0.25) is 0 Å². The summed E-state index contributed by atoms with van der Waals surface area (Å²) >= 11 is 0. The van der Waals surface area contributed by atoms with Gasteiger partial charge in [-0.3, -0.25) is 0 Å². The molecule has 0 aliphatic carbocycles. The Labute approximate surface area is 115 Å². The van der Waals surface area contributed by atoms with Crippen LogP contribution in [-0.2, 0) is 0 Å². The third kappa shape index (κ3) is 1.36. The highest BCUT2D eigenvalue weighted by Gasteiger charge is 2.13. The fourth-order valence-electron chi connectivity index (χ4n) is 2.72. The van der Waals surface area contributed by atoms with Gasteiger partial charge in [-0.2, -0.15) is 5.26 Å². The topological polar surface area (TPSA) is 41.1 Å². The van der Waals surface area contributed by atoms with Crippen molar-refractivity contribution in [1.82, 2.24) is 9.38 Å². The van der Waals surface area contributed by atoms with Gasteiger partial charge in [-0.1, -0.05) is 18.2 Å². The SMILES string of the molecule is Cc1ccc2cc3c(nc2c1)c(C#N)c1ccccn13. The van der Waals surface area contributed by atoms with Crippen LogP contribution in [0.2, 0.25) is 0 Å². The van der Waals surface area contributed by atoms with E-state index in [0.717, 1.165) is 27.5 Å². The summed E-state index contributed by atoms with van der Waals surface area (Å²) < 4.78 is 2.03. The smallest absolute Gasteiger partial charge is 0.108 e. The molecular formula is C17H11N3. The van der Waals surface area contributed by atoms with Crippen LogP contribution in [0.1, 0.15) is 11.1 Å². The third-order valence-electron chi connectivity index (χ3n) is 3.68. The molecule has 3 heterocycles. The first-order chi connectivity index (χ1) is 9.78. The number of nitrogens with zero attached hydrogens (tertiary/aromatic N) is 3. The molecule has 0 bridgehead atoms. The molecular weight excluding hydrogens is 246 g/mol. The zero-order valence-corrected chi connectivity index (χ0v) is 11.0. The van der Waals surface area contributed by atoms with Crippen molar-refractivity contribution in [2.75, 3.05) is 0 Å². The summed E-state index contributed by atoms with van der Waals surface area (Å²) in [4.78, 5) is 4.70. The first kappa shape index (κ1) is 11.0. The van der Waals surface area contributed by atoms with Gasteiger partial charge in [-0.25, -0.2) is 4.98 Å². The van der Waals surface area contributed by atoms with Gasteiger partial charge in [-0.15, -0.1) is 0 Å². The Morgan fingerprint density at radius 3 is 2.85 bits per heavy atom. The number of fused-ring (bicyclic) bond motifs is 4. The second-order valence-corrected chi connectivity index (χ2v) is 4.99. The normalized spacial score (nSPS) is 11.2. The van der Waals surface area contributed by atoms with Crippen LogP contribution in [0.5, 0.6) is 0 Å². The monoisotopic (exact) mass is 257 g/mol. The van der Waals surface area contributed by atoms with Crippen LogP contribution in [0, 0.1) is 18.3 Å². The zero-order chi connectivity index (χ0) is 13.7. The van der Waals surface area contributed by atoms with Gasteiger partial charge in [0, 0.05) is 11.6 Å². The summed E-state index contributed by atoms with van der Waals surface area (Å²) in [6.07, 6.45) is 1.97. The van der Waals surface area contributed by atoms with Gasteiger partial charge < -0.3 is 4.40 Å². The molecule has 0 aliphatic heterocycles. The highest BCUT2D eigenvalue weighted by atomic mass is 14.9. The van der Waals surface area contributed by atoms with E-state index in [4.69, 9.17) is 4.98 Å². The van der Waals surface area contributed by atoms with Crippen molar-refractivity contribution in [1.29, 1.82) is 5.26 Å². The molecule has 0 atom stereocenters. The van der Waals surface area contributed by atoms with E-state index in [-0.39, 0.29) is 0 Å². The van der Waals surface area contributed by atoms with E-state index < -0.39 is 0 Å². The fourth-order valence-corrected chi connectivity index (χ4v) is 2.72. The number of aryl methyl sites for hydroxylation is 1. The quantitative estimate of drug-likeness (QED) is 0.480. The summed E-state index contributed by atoms with van der Waals surface area (Å²) in [6, 6.07) is 16.5. The molecule has 0 spiro atoms. The molecule has 0 aliphatic rings. The lowest BCUT2D eigenvalue weighted by Gasteiger charge is -2.00. The molecule has 3 aromatic heterocycles. The van der Waals surface area contributed by atoms with E-state index in [1.807, 2.05) is 35.7 Å². The van der Waals surface area contributed by atoms with E-state index in [2.05, 4.69) is 30.3 Å². The molecule has 0 N–H and O–H groups in total. The summed E-state index contributed by atoms with van der Waals surface area (Å²) in [5.41, 5.74) is 5.41. The van der Waals surface area contributed by atoms with Gasteiger partial charge in [-0.05, 0) is 36.8 Å². The Morgan fingerprint density at radius 2 is 2.00 bits per heavy atom.